The molecular formula is C21H40O3. The van der Waals surface area contributed by atoms with Gasteiger partial charge in [0.2, 0.25) is 5.78 Å². The molecule has 0 saturated heterocycles. The van der Waals surface area contributed by atoms with E-state index < -0.39 is 11.8 Å². The lowest BCUT2D eigenvalue weighted by Gasteiger charge is -2.04. The monoisotopic (exact) mass is 340 g/mol. The van der Waals surface area contributed by atoms with E-state index in [1.54, 1.807) is 0 Å². The highest BCUT2D eigenvalue weighted by Gasteiger charge is 2.07. The molecule has 0 radical (unpaired) electrons. The van der Waals surface area contributed by atoms with Crippen molar-refractivity contribution in [2.24, 2.45) is 0 Å². The lowest BCUT2D eigenvalue weighted by Crippen LogP contribution is -2.14. The Morgan fingerprint density at radius 3 is 1.25 bits per heavy atom. The molecule has 0 bridgehead atoms. The van der Waals surface area contributed by atoms with Crippen molar-refractivity contribution in [2.45, 2.75) is 117 Å². The van der Waals surface area contributed by atoms with E-state index in [0.29, 0.717) is 6.61 Å². The summed E-state index contributed by atoms with van der Waals surface area (Å²) in [5, 5.41) is 0. The third kappa shape index (κ3) is 17.5. The van der Waals surface area contributed by atoms with Crippen LogP contribution in [0.1, 0.15) is 117 Å². The Balaban J connectivity index is 3.05. The van der Waals surface area contributed by atoms with Gasteiger partial charge >= 0.3 is 5.97 Å². The molecule has 3 heteroatoms. The summed E-state index contributed by atoms with van der Waals surface area (Å²) in [6.45, 7) is 3.90. The lowest BCUT2D eigenvalue weighted by atomic mass is 10.0. The predicted molar refractivity (Wildman–Crippen MR) is 101 cm³/mol. The minimum atomic E-state index is -0.698. The molecule has 0 spiro atoms. The van der Waals surface area contributed by atoms with Gasteiger partial charge in [-0.2, -0.15) is 0 Å². The van der Waals surface area contributed by atoms with Crippen molar-refractivity contribution in [1.29, 1.82) is 0 Å². The zero-order valence-electron chi connectivity index (χ0n) is 16.2. The van der Waals surface area contributed by atoms with E-state index in [0.717, 1.165) is 12.8 Å². The molecular weight excluding hydrogens is 300 g/mol. The van der Waals surface area contributed by atoms with Crippen LogP contribution in [0.25, 0.3) is 0 Å². The molecule has 3 nitrogen and oxygen atoms in total. The van der Waals surface area contributed by atoms with E-state index in [9.17, 15) is 9.59 Å². The van der Waals surface area contributed by atoms with Crippen molar-refractivity contribution < 1.29 is 14.3 Å². The number of hydrogen-bond acceptors (Lipinski definition) is 3. The third-order valence-corrected chi connectivity index (χ3v) is 4.52. The fraction of sp³-hybridized carbons (Fsp3) is 0.905. The van der Waals surface area contributed by atoms with Crippen molar-refractivity contribution in [2.75, 3.05) is 6.61 Å². The Morgan fingerprint density at radius 1 is 0.583 bits per heavy atom. The normalized spacial score (nSPS) is 10.8. The number of carbonyl (C=O) groups excluding carboxylic acids is 2. The number of ketones is 1. The second-order valence-electron chi connectivity index (χ2n) is 7.00. The zero-order chi connectivity index (χ0) is 17.9. The third-order valence-electron chi connectivity index (χ3n) is 4.52. The van der Waals surface area contributed by atoms with Crippen LogP contribution in [0.4, 0.5) is 0 Å². The first-order valence-electron chi connectivity index (χ1n) is 10.4. The van der Waals surface area contributed by atoms with Gasteiger partial charge in [0, 0.05) is 6.92 Å². The molecule has 0 atom stereocenters. The minimum absolute atomic E-state index is 0.386. The van der Waals surface area contributed by atoms with Crippen LogP contribution in [0.3, 0.4) is 0 Å². The Kier molecular flexibility index (Phi) is 17.8. The number of unbranched alkanes of at least 4 members (excludes halogenated alkanes) is 15. The largest absolute Gasteiger partial charge is 0.460 e. The molecule has 0 N–H and O–H groups in total. The van der Waals surface area contributed by atoms with Gasteiger partial charge in [0.1, 0.15) is 0 Å². The Bertz CT molecular complexity index is 299. The van der Waals surface area contributed by atoms with Gasteiger partial charge in [-0.3, -0.25) is 4.79 Å². The van der Waals surface area contributed by atoms with Gasteiger partial charge in [0.25, 0.3) is 0 Å². The summed E-state index contributed by atoms with van der Waals surface area (Å²) in [6.07, 6.45) is 21.2. The number of Topliss-reactive ketones (excluding diaryl/α,β-unsaturated/α-hetero) is 1. The number of esters is 1. The van der Waals surface area contributed by atoms with Gasteiger partial charge in [-0.05, 0) is 6.42 Å². The molecule has 0 aromatic carbocycles. The molecule has 0 unspecified atom stereocenters. The summed E-state index contributed by atoms with van der Waals surface area (Å²) in [4.78, 5) is 21.6. The van der Waals surface area contributed by atoms with E-state index in [2.05, 4.69) is 6.92 Å². The fourth-order valence-electron chi connectivity index (χ4n) is 2.92. The first kappa shape index (κ1) is 23.1. The molecule has 0 saturated carbocycles. The van der Waals surface area contributed by atoms with Crippen LogP contribution >= 0.6 is 0 Å². The number of hydrogen-bond donors (Lipinski definition) is 0. The highest BCUT2D eigenvalue weighted by atomic mass is 16.5. The van der Waals surface area contributed by atoms with Crippen molar-refractivity contribution in [3.63, 3.8) is 0 Å². The zero-order valence-corrected chi connectivity index (χ0v) is 16.2. The quantitative estimate of drug-likeness (QED) is 0.165. The van der Waals surface area contributed by atoms with Crippen LogP contribution in [0.2, 0.25) is 0 Å². The molecule has 0 rings (SSSR count). The van der Waals surface area contributed by atoms with Crippen molar-refractivity contribution in [1.82, 2.24) is 0 Å². The molecule has 0 amide bonds. The molecule has 24 heavy (non-hydrogen) atoms. The summed E-state index contributed by atoms with van der Waals surface area (Å²) in [5.41, 5.74) is 0. The Hall–Kier alpha value is -0.860. The van der Waals surface area contributed by atoms with Gasteiger partial charge in [-0.1, -0.05) is 103 Å². The second kappa shape index (κ2) is 18.5. The molecule has 0 fully saturated rings. The molecule has 142 valence electrons. The van der Waals surface area contributed by atoms with E-state index in [4.69, 9.17) is 4.74 Å². The SMILES string of the molecule is CCCCCCCCCCCCCCCCCCOC(=O)C(C)=O. The smallest absolute Gasteiger partial charge is 0.374 e. The molecule has 0 aliphatic heterocycles. The Morgan fingerprint density at radius 2 is 0.917 bits per heavy atom. The first-order chi connectivity index (χ1) is 11.7. The van der Waals surface area contributed by atoms with Crippen LogP contribution in [-0.4, -0.2) is 18.4 Å². The Labute approximate surface area is 149 Å². The number of carbonyl (C=O) groups is 2. The standard InChI is InChI=1S/C21H40O3/c1-3-4-5-6-7-8-9-10-11-12-13-14-15-16-17-18-19-24-21(23)20(2)22/h3-19H2,1-2H3. The van der Waals surface area contributed by atoms with Crippen LogP contribution in [-0.2, 0) is 14.3 Å². The second-order valence-corrected chi connectivity index (χ2v) is 7.00. The summed E-state index contributed by atoms with van der Waals surface area (Å²) < 4.78 is 4.83. The highest BCUT2D eigenvalue weighted by molar-refractivity contribution is 6.32. The first-order valence-corrected chi connectivity index (χ1v) is 10.4. The van der Waals surface area contributed by atoms with Crippen molar-refractivity contribution >= 4 is 11.8 Å². The van der Waals surface area contributed by atoms with Crippen LogP contribution in [0.5, 0.6) is 0 Å². The highest BCUT2D eigenvalue weighted by Crippen LogP contribution is 2.13. The van der Waals surface area contributed by atoms with E-state index >= 15 is 0 Å². The van der Waals surface area contributed by atoms with Crippen molar-refractivity contribution in [3.8, 4) is 0 Å². The average molecular weight is 341 g/mol. The number of ether oxygens (including phenoxy) is 1. The topological polar surface area (TPSA) is 43.4 Å². The minimum Gasteiger partial charge on any atom is -0.460 e. The van der Waals surface area contributed by atoms with Gasteiger partial charge in [-0.15, -0.1) is 0 Å². The molecule has 0 aromatic rings. The van der Waals surface area contributed by atoms with Crippen LogP contribution in [0, 0.1) is 0 Å². The van der Waals surface area contributed by atoms with Crippen molar-refractivity contribution in [3.05, 3.63) is 0 Å². The van der Waals surface area contributed by atoms with E-state index in [-0.39, 0.29) is 0 Å². The van der Waals surface area contributed by atoms with E-state index in [1.807, 2.05) is 0 Å². The van der Waals surface area contributed by atoms with Crippen LogP contribution < -0.4 is 0 Å². The summed E-state index contributed by atoms with van der Waals surface area (Å²) in [5.74, 6) is -1.21. The molecule has 0 aromatic heterocycles. The van der Waals surface area contributed by atoms with Crippen LogP contribution in [0.15, 0.2) is 0 Å². The maximum atomic E-state index is 10.9. The van der Waals surface area contributed by atoms with Gasteiger partial charge in [-0.25, -0.2) is 4.79 Å². The maximum Gasteiger partial charge on any atom is 0.374 e. The summed E-state index contributed by atoms with van der Waals surface area (Å²) in [6, 6.07) is 0. The molecule has 0 aliphatic carbocycles. The average Bonchev–Trinajstić information content (AvgIpc) is 2.57. The van der Waals surface area contributed by atoms with E-state index in [1.165, 1.54) is 96.8 Å². The molecule has 0 heterocycles. The maximum absolute atomic E-state index is 10.9. The lowest BCUT2D eigenvalue weighted by molar-refractivity contribution is -0.153. The molecule has 0 aliphatic rings. The van der Waals surface area contributed by atoms with Gasteiger partial charge < -0.3 is 4.74 Å². The van der Waals surface area contributed by atoms with Gasteiger partial charge in [0.05, 0.1) is 6.61 Å². The summed E-state index contributed by atoms with van der Waals surface area (Å²) >= 11 is 0. The van der Waals surface area contributed by atoms with Gasteiger partial charge in [0.15, 0.2) is 0 Å². The fourth-order valence-corrected chi connectivity index (χ4v) is 2.92. The number of rotatable bonds is 18. The predicted octanol–water partition coefficient (Wildman–Crippen LogP) is 6.38. The summed E-state index contributed by atoms with van der Waals surface area (Å²) in [7, 11) is 0.